The van der Waals surface area contributed by atoms with Gasteiger partial charge in [-0.2, -0.15) is 0 Å². The molecule has 4 nitrogen and oxygen atoms in total. The van der Waals surface area contributed by atoms with E-state index in [4.69, 9.17) is 10.5 Å². The Kier molecular flexibility index (Phi) is 3.41. The van der Waals surface area contributed by atoms with E-state index in [1.807, 2.05) is 6.92 Å². The molecule has 0 aliphatic carbocycles. The van der Waals surface area contributed by atoms with Gasteiger partial charge in [-0.15, -0.1) is 0 Å². The van der Waals surface area contributed by atoms with E-state index in [1.54, 1.807) is 25.1 Å². The number of nitrogens with zero attached hydrogens (tertiary/aromatic N) is 2. The predicted octanol–water partition coefficient (Wildman–Crippen LogP) is 2.57. The highest BCUT2D eigenvalue weighted by atomic mass is 19.1. The van der Waals surface area contributed by atoms with Crippen LogP contribution in [-0.2, 0) is 0 Å². The molecule has 1 aromatic heterocycles. The van der Waals surface area contributed by atoms with E-state index in [0.717, 1.165) is 5.69 Å². The van der Waals surface area contributed by atoms with Crippen molar-refractivity contribution in [1.82, 2.24) is 9.97 Å². The van der Waals surface area contributed by atoms with Gasteiger partial charge in [0.2, 0.25) is 0 Å². The number of halogens is 1. The van der Waals surface area contributed by atoms with Crippen LogP contribution in [-0.4, -0.2) is 16.6 Å². The molecule has 0 saturated carbocycles. The summed E-state index contributed by atoms with van der Waals surface area (Å²) in [5.74, 6) is 0.571. The van der Waals surface area contributed by atoms with Gasteiger partial charge in [0.25, 0.3) is 0 Å². The summed E-state index contributed by atoms with van der Waals surface area (Å²) in [4.78, 5) is 8.30. The number of benzene rings is 1. The first-order valence-electron chi connectivity index (χ1n) is 5.64. The Bertz CT molecular complexity index is 552. The Morgan fingerprint density at radius 2 is 2.06 bits per heavy atom. The van der Waals surface area contributed by atoms with Gasteiger partial charge in [-0.05, 0) is 32.0 Å². The number of aromatic nitrogens is 2. The smallest absolute Gasteiger partial charge is 0.165 e. The molecule has 0 atom stereocenters. The molecule has 0 aliphatic rings. The minimum absolute atomic E-state index is 0.224. The largest absolute Gasteiger partial charge is 0.491 e. The van der Waals surface area contributed by atoms with Crippen LogP contribution in [0.3, 0.4) is 0 Å². The summed E-state index contributed by atoms with van der Waals surface area (Å²) in [7, 11) is 0. The first kappa shape index (κ1) is 12.3. The van der Waals surface area contributed by atoms with Gasteiger partial charge in [0.1, 0.15) is 5.82 Å². The zero-order valence-corrected chi connectivity index (χ0v) is 10.3. The van der Waals surface area contributed by atoms with Gasteiger partial charge in [-0.25, -0.2) is 14.4 Å². The van der Waals surface area contributed by atoms with Crippen LogP contribution in [0.4, 0.5) is 10.2 Å². The number of nitrogens with two attached hydrogens (primary N) is 1. The summed E-state index contributed by atoms with van der Waals surface area (Å²) in [6, 6.07) is 6.28. The minimum Gasteiger partial charge on any atom is -0.491 e. The van der Waals surface area contributed by atoms with Gasteiger partial charge in [0.05, 0.1) is 6.61 Å². The zero-order valence-electron chi connectivity index (χ0n) is 10.3. The van der Waals surface area contributed by atoms with Gasteiger partial charge in [0.15, 0.2) is 17.4 Å². The van der Waals surface area contributed by atoms with Gasteiger partial charge >= 0.3 is 0 Å². The fourth-order valence-corrected chi connectivity index (χ4v) is 1.63. The average Bonchev–Trinajstić information content (AvgIpc) is 2.30. The van der Waals surface area contributed by atoms with Gasteiger partial charge in [0, 0.05) is 17.3 Å². The van der Waals surface area contributed by atoms with Crippen LogP contribution in [0.25, 0.3) is 11.4 Å². The molecule has 2 N–H and O–H groups in total. The highest BCUT2D eigenvalue weighted by molar-refractivity contribution is 5.58. The fourth-order valence-electron chi connectivity index (χ4n) is 1.63. The highest BCUT2D eigenvalue weighted by Gasteiger charge is 2.08. The van der Waals surface area contributed by atoms with E-state index in [1.165, 1.54) is 6.07 Å². The molecule has 0 radical (unpaired) electrons. The summed E-state index contributed by atoms with van der Waals surface area (Å²) in [5, 5.41) is 0. The Labute approximate surface area is 105 Å². The molecular formula is C13H14FN3O. The molecule has 94 valence electrons. The number of rotatable bonds is 3. The number of anilines is 1. The molecular weight excluding hydrogens is 233 g/mol. The number of hydrogen-bond donors (Lipinski definition) is 1. The predicted molar refractivity (Wildman–Crippen MR) is 67.7 cm³/mol. The van der Waals surface area contributed by atoms with Crippen LogP contribution in [0.15, 0.2) is 24.3 Å². The lowest BCUT2D eigenvalue weighted by Gasteiger charge is -2.07. The van der Waals surface area contributed by atoms with Crippen molar-refractivity contribution in [3.63, 3.8) is 0 Å². The molecule has 18 heavy (non-hydrogen) atoms. The van der Waals surface area contributed by atoms with E-state index < -0.39 is 5.82 Å². The van der Waals surface area contributed by atoms with Crippen LogP contribution in [0.1, 0.15) is 12.6 Å². The first-order valence-corrected chi connectivity index (χ1v) is 5.64. The highest BCUT2D eigenvalue weighted by Crippen LogP contribution is 2.24. The monoisotopic (exact) mass is 247 g/mol. The molecule has 0 unspecified atom stereocenters. The SMILES string of the molecule is CCOc1ccc(-c2nc(C)cc(N)n2)cc1F. The summed E-state index contributed by atoms with van der Waals surface area (Å²) in [5.41, 5.74) is 6.96. The van der Waals surface area contributed by atoms with Gasteiger partial charge in [-0.3, -0.25) is 0 Å². The Balaban J connectivity index is 2.42. The molecule has 0 saturated heterocycles. The van der Waals surface area contributed by atoms with Crippen LogP contribution >= 0.6 is 0 Å². The molecule has 5 heteroatoms. The lowest BCUT2D eigenvalue weighted by molar-refractivity contribution is 0.321. The van der Waals surface area contributed by atoms with Crippen LogP contribution in [0.5, 0.6) is 5.75 Å². The first-order chi connectivity index (χ1) is 8.60. The van der Waals surface area contributed by atoms with E-state index in [0.29, 0.717) is 23.8 Å². The van der Waals surface area contributed by atoms with Crippen molar-refractivity contribution in [1.29, 1.82) is 0 Å². The molecule has 0 spiro atoms. The number of nitrogen functional groups attached to an aromatic ring is 1. The Morgan fingerprint density at radius 1 is 1.28 bits per heavy atom. The molecule has 1 heterocycles. The third kappa shape index (κ3) is 2.56. The van der Waals surface area contributed by atoms with Crippen molar-refractivity contribution in [2.45, 2.75) is 13.8 Å². The summed E-state index contributed by atoms with van der Waals surface area (Å²) in [6.07, 6.45) is 0. The van der Waals surface area contributed by atoms with E-state index in [9.17, 15) is 4.39 Å². The van der Waals surface area contributed by atoms with Crippen molar-refractivity contribution >= 4 is 5.82 Å². The topological polar surface area (TPSA) is 61.0 Å². The lowest BCUT2D eigenvalue weighted by atomic mass is 10.2. The Hall–Kier alpha value is -2.17. The van der Waals surface area contributed by atoms with Crippen LogP contribution < -0.4 is 10.5 Å². The number of hydrogen-bond acceptors (Lipinski definition) is 4. The third-order valence-corrected chi connectivity index (χ3v) is 2.36. The summed E-state index contributed by atoms with van der Waals surface area (Å²) >= 11 is 0. The molecule has 2 rings (SSSR count). The third-order valence-electron chi connectivity index (χ3n) is 2.36. The molecule has 0 bridgehead atoms. The molecule has 1 aromatic carbocycles. The van der Waals surface area contributed by atoms with Crippen molar-refractivity contribution < 1.29 is 9.13 Å². The number of ether oxygens (including phenoxy) is 1. The maximum atomic E-state index is 13.7. The molecule has 0 fully saturated rings. The van der Waals surface area contributed by atoms with E-state index in [2.05, 4.69) is 9.97 Å². The minimum atomic E-state index is -0.432. The van der Waals surface area contributed by atoms with Crippen molar-refractivity contribution in [2.75, 3.05) is 12.3 Å². The molecule has 0 amide bonds. The normalized spacial score (nSPS) is 10.4. The standard InChI is InChI=1S/C13H14FN3O/c1-3-18-11-5-4-9(7-10(11)14)13-16-8(2)6-12(15)17-13/h4-7H,3H2,1-2H3,(H2,15,16,17). The van der Waals surface area contributed by atoms with E-state index >= 15 is 0 Å². The summed E-state index contributed by atoms with van der Waals surface area (Å²) < 4.78 is 18.8. The average molecular weight is 247 g/mol. The quantitative estimate of drug-likeness (QED) is 0.905. The second kappa shape index (κ2) is 5.00. The summed E-state index contributed by atoms with van der Waals surface area (Å²) in [6.45, 7) is 4.04. The lowest BCUT2D eigenvalue weighted by Crippen LogP contribution is -1.99. The number of aryl methyl sites for hydroxylation is 1. The fraction of sp³-hybridized carbons (Fsp3) is 0.231. The maximum Gasteiger partial charge on any atom is 0.165 e. The van der Waals surface area contributed by atoms with Crippen LogP contribution in [0, 0.1) is 12.7 Å². The second-order valence-corrected chi connectivity index (χ2v) is 3.84. The molecule has 0 aliphatic heterocycles. The van der Waals surface area contributed by atoms with Crippen LogP contribution in [0.2, 0.25) is 0 Å². The Morgan fingerprint density at radius 3 is 2.67 bits per heavy atom. The zero-order chi connectivity index (χ0) is 13.1. The molecule has 2 aromatic rings. The second-order valence-electron chi connectivity index (χ2n) is 3.84. The van der Waals surface area contributed by atoms with Crippen molar-refractivity contribution in [3.05, 3.63) is 35.8 Å². The van der Waals surface area contributed by atoms with E-state index in [-0.39, 0.29) is 5.75 Å². The van der Waals surface area contributed by atoms with Gasteiger partial charge < -0.3 is 10.5 Å². The maximum absolute atomic E-state index is 13.7. The van der Waals surface area contributed by atoms with Crippen molar-refractivity contribution in [2.24, 2.45) is 0 Å². The van der Waals surface area contributed by atoms with Crippen molar-refractivity contribution in [3.8, 4) is 17.1 Å². The van der Waals surface area contributed by atoms with Gasteiger partial charge in [-0.1, -0.05) is 0 Å².